The molecule has 1 saturated heterocycles. The first kappa shape index (κ1) is 15.1. The number of anilines is 1. The van der Waals surface area contributed by atoms with Crippen LogP contribution in [0.1, 0.15) is 29.2 Å². The number of rotatable bonds is 5. The Morgan fingerprint density at radius 1 is 1.30 bits per heavy atom. The lowest BCUT2D eigenvalue weighted by Crippen LogP contribution is -2.26. The summed E-state index contributed by atoms with van der Waals surface area (Å²) < 4.78 is 6.59. The Balaban J connectivity index is 1.71. The Kier molecular flexibility index (Phi) is 4.31. The first-order valence-electron chi connectivity index (χ1n) is 7.34. The van der Waals surface area contributed by atoms with Crippen LogP contribution in [0.2, 0.25) is 0 Å². The van der Waals surface area contributed by atoms with Crippen LogP contribution < -0.4 is 15.0 Å². The monoisotopic (exact) mass is 318 g/mol. The van der Waals surface area contributed by atoms with Gasteiger partial charge < -0.3 is 15.0 Å². The fraction of sp³-hybridized carbons (Fsp3) is 0.538. The fourth-order valence-electron chi connectivity index (χ4n) is 2.32. The average molecular weight is 318 g/mol. The molecule has 2 aromatic rings. The van der Waals surface area contributed by atoms with Crippen LogP contribution in [-0.2, 0) is 13.6 Å². The molecule has 0 atom stereocenters. The van der Waals surface area contributed by atoms with Crippen LogP contribution in [0.4, 0.5) is 5.95 Å². The smallest absolute Gasteiger partial charge is 0.321 e. The highest BCUT2D eigenvalue weighted by atomic mass is 16.5. The van der Waals surface area contributed by atoms with Crippen molar-refractivity contribution in [2.75, 3.05) is 25.1 Å². The normalized spacial score (nSPS) is 14.1. The van der Waals surface area contributed by atoms with E-state index in [0.717, 1.165) is 25.9 Å². The Hall–Kier alpha value is -2.78. The SMILES string of the molecule is COc1nc(CNC(=O)c2cn(C)nn2)nc(N2CCCC2)n1. The summed E-state index contributed by atoms with van der Waals surface area (Å²) in [4.78, 5) is 26.9. The molecule has 0 spiro atoms. The number of aryl methyl sites for hydroxylation is 1. The highest BCUT2D eigenvalue weighted by Crippen LogP contribution is 2.17. The molecule has 2 aromatic heterocycles. The number of hydrogen-bond donors (Lipinski definition) is 1. The van der Waals surface area contributed by atoms with Crippen LogP contribution in [0.5, 0.6) is 6.01 Å². The number of carbonyl (C=O) groups excluding carboxylic acids is 1. The molecule has 10 heteroatoms. The van der Waals surface area contributed by atoms with Crippen molar-refractivity contribution in [1.29, 1.82) is 0 Å². The molecule has 1 N–H and O–H groups in total. The van der Waals surface area contributed by atoms with Crippen LogP contribution in [0.25, 0.3) is 0 Å². The highest BCUT2D eigenvalue weighted by molar-refractivity contribution is 5.91. The molecule has 1 aliphatic rings. The molecule has 1 amide bonds. The number of nitrogens with zero attached hydrogens (tertiary/aromatic N) is 7. The maximum absolute atomic E-state index is 12.0. The van der Waals surface area contributed by atoms with Crippen molar-refractivity contribution in [2.45, 2.75) is 19.4 Å². The number of nitrogens with one attached hydrogen (secondary N) is 1. The van der Waals surface area contributed by atoms with Crippen molar-refractivity contribution in [1.82, 2.24) is 35.3 Å². The van der Waals surface area contributed by atoms with Gasteiger partial charge >= 0.3 is 6.01 Å². The van der Waals surface area contributed by atoms with E-state index in [9.17, 15) is 4.79 Å². The van der Waals surface area contributed by atoms with Gasteiger partial charge in [0.1, 0.15) is 0 Å². The minimum absolute atomic E-state index is 0.162. The third kappa shape index (κ3) is 3.52. The summed E-state index contributed by atoms with van der Waals surface area (Å²) in [5, 5.41) is 10.2. The van der Waals surface area contributed by atoms with Crippen LogP contribution >= 0.6 is 0 Å². The molecule has 0 aliphatic carbocycles. The topological polar surface area (TPSA) is 111 Å². The van der Waals surface area contributed by atoms with Crippen molar-refractivity contribution in [3.63, 3.8) is 0 Å². The molecule has 0 radical (unpaired) electrons. The Bertz CT molecular complexity index is 695. The fourth-order valence-corrected chi connectivity index (χ4v) is 2.32. The van der Waals surface area contributed by atoms with Crippen molar-refractivity contribution in [2.24, 2.45) is 7.05 Å². The van der Waals surface area contributed by atoms with Crippen molar-refractivity contribution in [3.05, 3.63) is 17.7 Å². The predicted octanol–water partition coefficient (Wildman–Crippen LogP) is -0.461. The van der Waals surface area contributed by atoms with Gasteiger partial charge in [0, 0.05) is 20.1 Å². The molecular formula is C13H18N8O2. The summed E-state index contributed by atoms with van der Waals surface area (Å²) in [5.74, 6) is 0.689. The summed E-state index contributed by atoms with van der Waals surface area (Å²) >= 11 is 0. The Morgan fingerprint density at radius 2 is 2.09 bits per heavy atom. The second kappa shape index (κ2) is 6.55. The Morgan fingerprint density at radius 3 is 2.74 bits per heavy atom. The molecule has 0 unspecified atom stereocenters. The average Bonchev–Trinajstić information content (AvgIpc) is 3.23. The van der Waals surface area contributed by atoms with E-state index in [1.165, 1.54) is 11.8 Å². The number of hydrogen-bond acceptors (Lipinski definition) is 8. The first-order chi connectivity index (χ1) is 11.2. The van der Waals surface area contributed by atoms with Crippen molar-refractivity contribution in [3.8, 4) is 6.01 Å². The van der Waals surface area contributed by atoms with Gasteiger partial charge in [-0.05, 0) is 12.8 Å². The number of amides is 1. The predicted molar refractivity (Wildman–Crippen MR) is 80.0 cm³/mol. The second-order valence-corrected chi connectivity index (χ2v) is 5.19. The summed E-state index contributed by atoms with van der Waals surface area (Å²) in [6.07, 6.45) is 3.78. The van der Waals surface area contributed by atoms with Crippen LogP contribution in [0.15, 0.2) is 6.20 Å². The van der Waals surface area contributed by atoms with E-state index in [1.54, 1.807) is 13.2 Å². The van der Waals surface area contributed by atoms with E-state index in [0.29, 0.717) is 11.8 Å². The van der Waals surface area contributed by atoms with Gasteiger partial charge in [-0.2, -0.15) is 15.0 Å². The minimum Gasteiger partial charge on any atom is -0.467 e. The van der Waals surface area contributed by atoms with Gasteiger partial charge in [-0.25, -0.2) is 0 Å². The number of aromatic nitrogens is 6. The van der Waals surface area contributed by atoms with Gasteiger partial charge in [-0.1, -0.05) is 5.21 Å². The van der Waals surface area contributed by atoms with Gasteiger partial charge in [0.25, 0.3) is 5.91 Å². The maximum Gasteiger partial charge on any atom is 0.321 e. The van der Waals surface area contributed by atoms with Gasteiger partial charge in [0.05, 0.1) is 19.9 Å². The lowest BCUT2D eigenvalue weighted by Gasteiger charge is -2.16. The lowest BCUT2D eigenvalue weighted by atomic mass is 10.4. The summed E-state index contributed by atoms with van der Waals surface area (Å²) in [7, 11) is 3.20. The first-order valence-corrected chi connectivity index (χ1v) is 7.34. The molecule has 23 heavy (non-hydrogen) atoms. The van der Waals surface area contributed by atoms with E-state index in [1.807, 2.05) is 0 Å². The van der Waals surface area contributed by atoms with Gasteiger partial charge in [0.15, 0.2) is 11.5 Å². The van der Waals surface area contributed by atoms with Gasteiger partial charge in [-0.3, -0.25) is 9.48 Å². The van der Waals surface area contributed by atoms with Crippen LogP contribution in [0, 0.1) is 0 Å². The zero-order chi connectivity index (χ0) is 16.2. The van der Waals surface area contributed by atoms with Crippen LogP contribution in [0.3, 0.4) is 0 Å². The van der Waals surface area contributed by atoms with Crippen molar-refractivity contribution < 1.29 is 9.53 Å². The number of ether oxygens (including phenoxy) is 1. The van der Waals surface area contributed by atoms with E-state index >= 15 is 0 Å². The van der Waals surface area contributed by atoms with E-state index in [-0.39, 0.29) is 24.2 Å². The quantitative estimate of drug-likeness (QED) is 0.788. The zero-order valence-electron chi connectivity index (χ0n) is 13.1. The zero-order valence-corrected chi connectivity index (χ0v) is 13.1. The number of methoxy groups -OCH3 is 1. The molecule has 1 fully saturated rings. The molecule has 10 nitrogen and oxygen atoms in total. The Labute approximate surface area is 132 Å². The molecule has 0 saturated carbocycles. The molecule has 3 rings (SSSR count). The highest BCUT2D eigenvalue weighted by Gasteiger charge is 2.18. The molecule has 122 valence electrons. The lowest BCUT2D eigenvalue weighted by molar-refractivity contribution is 0.0944. The summed E-state index contributed by atoms with van der Waals surface area (Å²) in [6.45, 7) is 1.99. The molecular weight excluding hydrogens is 300 g/mol. The molecule has 3 heterocycles. The van der Waals surface area contributed by atoms with Crippen molar-refractivity contribution >= 4 is 11.9 Å². The van der Waals surface area contributed by atoms with E-state index < -0.39 is 0 Å². The third-order valence-corrected chi connectivity index (χ3v) is 3.46. The summed E-state index contributed by atoms with van der Waals surface area (Å²) in [6, 6.07) is 0.241. The maximum atomic E-state index is 12.0. The summed E-state index contributed by atoms with van der Waals surface area (Å²) in [5.41, 5.74) is 0.244. The minimum atomic E-state index is -0.333. The van der Waals surface area contributed by atoms with E-state index in [4.69, 9.17) is 4.74 Å². The van der Waals surface area contributed by atoms with Crippen LogP contribution in [-0.4, -0.2) is 56.1 Å². The number of carbonyl (C=O) groups is 1. The molecule has 0 aromatic carbocycles. The van der Waals surface area contributed by atoms with E-state index in [2.05, 4.69) is 35.5 Å². The standard InChI is InChI=1S/C13H18N8O2/c1-20-8-9(18-19-20)11(22)14-7-10-15-12(17-13(16-10)23-2)21-5-3-4-6-21/h8H,3-7H2,1-2H3,(H,14,22). The third-order valence-electron chi connectivity index (χ3n) is 3.46. The largest absolute Gasteiger partial charge is 0.467 e. The second-order valence-electron chi connectivity index (χ2n) is 5.19. The molecule has 0 bridgehead atoms. The van der Waals surface area contributed by atoms with Gasteiger partial charge in [0.2, 0.25) is 5.95 Å². The molecule has 1 aliphatic heterocycles. The van der Waals surface area contributed by atoms with Gasteiger partial charge in [-0.15, -0.1) is 5.10 Å².